The molecule has 0 bridgehead atoms. The van der Waals surface area contributed by atoms with Gasteiger partial charge in [-0.1, -0.05) is 20.8 Å². The number of aromatic nitrogens is 5. The highest BCUT2D eigenvalue weighted by atomic mass is 16.3. The van der Waals surface area contributed by atoms with Crippen molar-refractivity contribution >= 4 is 12.0 Å². The SMILES string of the molecule is CC(C)(C)c1nn2cnnc2n(/N=C/c2ccco2)c1=O. The topological polar surface area (TPSA) is 90.6 Å². The Morgan fingerprint density at radius 3 is 2.86 bits per heavy atom. The number of fused-ring (bicyclic) bond motifs is 1. The van der Waals surface area contributed by atoms with Gasteiger partial charge in [0.05, 0.1) is 12.5 Å². The van der Waals surface area contributed by atoms with Crippen molar-refractivity contribution in [2.45, 2.75) is 26.2 Å². The minimum absolute atomic E-state index is 0.246. The van der Waals surface area contributed by atoms with Crippen molar-refractivity contribution in [3.05, 3.63) is 46.5 Å². The van der Waals surface area contributed by atoms with Crippen LogP contribution >= 0.6 is 0 Å². The number of hydrogen-bond acceptors (Lipinski definition) is 6. The lowest BCUT2D eigenvalue weighted by molar-refractivity contribution is 0.529. The summed E-state index contributed by atoms with van der Waals surface area (Å²) in [4.78, 5) is 12.6. The fourth-order valence-corrected chi connectivity index (χ4v) is 1.83. The Morgan fingerprint density at radius 2 is 2.19 bits per heavy atom. The predicted octanol–water partition coefficient (Wildman–Crippen LogP) is 1.06. The largest absolute Gasteiger partial charge is 0.463 e. The Balaban J connectivity index is 2.22. The molecule has 3 heterocycles. The standard InChI is InChI=1S/C13H14N6O2/c1-13(2,3)10-11(20)19(12-16-14-8-18(12)17-10)15-7-9-5-4-6-21-9/h4-8H,1-3H3/b15-7+. The second-order valence-corrected chi connectivity index (χ2v) is 5.55. The Morgan fingerprint density at radius 1 is 1.38 bits per heavy atom. The van der Waals surface area contributed by atoms with Gasteiger partial charge in [-0.3, -0.25) is 4.79 Å². The van der Waals surface area contributed by atoms with Crippen LogP contribution in [0.25, 0.3) is 5.78 Å². The average Bonchev–Trinajstić information content (AvgIpc) is 3.06. The van der Waals surface area contributed by atoms with E-state index in [1.807, 2.05) is 20.8 Å². The predicted molar refractivity (Wildman–Crippen MR) is 75.4 cm³/mol. The molecule has 108 valence electrons. The molecule has 3 aromatic rings. The summed E-state index contributed by atoms with van der Waals surface area (Å²) in [5.74, 6) is 0.782. The third-order valence-corrected chi connectivity index (χ3v) is 2.86. The molecule has 0 N–H and O–H groups in total. The van der Waals surface area contributed by atoms with E-state index in [1.165, 1.54) is 28.0 Å². The minimum Gasteiger partial charge on any atom is -0.463 e. The molecule has 3 rings (SSSR count). The van der Waals surface area contributed by atoms with Crippen molar-refractivity contribution in [2.75, 3.05) is 0 Å². The van der Waals surface area contributed by atoms with Crippen LogP contribution in [0.3, 0.4) is 0 Å². The van der Waals surface area contributed by atoms with Gasteiger partial charge in [0.25, 0.3) is 11.3 Å². The van der Waals surface area contributed by atoms with Crippen molar-refractivity contribution in [3.8, 4) is 0 Å². The van der Waals surface area contributed by atoms with Gasteiger partial charge in [-0.15, -0.1) is 10.2 Å². The Bertz CT molecular complexity index is 851. The molecule has 0 spiro atoms. The first-order valence-corrected chi connectivity index (χ1v) is 6.38. The summed E-state index contributed by atoms with van der Waals surface area (Å²) in [5.41, 5.74) is -0.366. The highest BCUT2D eigenvalue weighted by Gasteiger charge is 2.23. The number of nitrogens with zero attached hydrogens (tertiary/aromatic N) is 6. The quantitative estimate of drug-likeness (QED) is 0.657. The molecule has 0 saturated heterocycles. The lowest BCUT2D eigenvalue weighted by Crippen LogP contribution is -2.32. The van der Waals surface area contributed by atoms with Crippen molar-refractivity contribution in [1.29, 1.82) is 0 Å². The molecule has 0 saturated carbocycles. The highest BCUT2D eigenvalue weighted by molar-refractivity contribution is 5.75. The monoisotopic (exact) mass is 286 g/mol. The average molecular weight is 286 g/mol. The summed E-state index contributed by atoms with van der Waals surface area (Å²) in [7, 11) is 0. The second-order valence-electron chi connectivity index (χ2n) is 5.55. The zero-order chi connectivity index (χ0) is 15.0. The van der Waals surface area contributed by atoms with Gasteiger partial charge in [-0.05, 0) is 12.1 Å². The van der Waals surface area contributed by atoms with E-state index >= 15 is 0 Å². The van der Waals surface area contributed by atoms with E-state index in [0.717, 1.165) is 0 Å². The summed E-state index contributed by atoms with van der Waals surface area (Å²) < 4.78 is 7.76. The zero-order valence-corrected chi connectivity index (χ0v) is 11.9. The molecule has 0 aliphatic heterocycles. The van der Waals surface area contributed by atoms with E-state index in [1.54, 1.807) is 12.1 Å². The van der Waals surface area contributed by atoms with Crippen molar-refractivity contribution in [2.24, 2.45) is 5.10 Å². The van der Waals surface area contributed by atoms with E-state index in [-0.39, 0.29) is 11.3 Å². The Kier molecular flexibility index (Phi) is 2.93. The first-order chi connectivity index (χ1) is 9.97. The lowest BCUT2D eigenvalue weighted by atomic mass is 9.93. The molecule has 0 unspecified atom stereocenters. The smallest absolute Gasteiger partial charge is 0.298 e. The molecule has 0 aliphatic carbocycles. The summed E-state index contributed by atoms with van der Waals surface area (Å²) in [5, 5.41) is 16.1. The molecule has 8 nitrogen and oxygen atoms in total. The second kappa shape index (κ2) is 4.65. The molecule has 21 heavy (non-hydrogen) atoms. The highest BCUT2D eigenvalue weighted by Crippen LogP contribution is 2.16. The van der Waals surface area contributed by atoms with Crippen LogP contribution in [0.4, 0.5) is 0 Å². The third-order valence-electron chi connectivity index (χ3n) is 2.86. The maximum atomic E-state index is 12.6. The molecule has 0 aliphatic rings. The van der Waals surface area contributed by atoms with Gasteiger partial charge in [-0.2, -0.15) is 19.4 Å². The van der Waals surface area contributed by atoms with E-state index in [0.29, 0.717) is 11.5 Å². The van der Waals surface area contributed by atoms with Gasteiger partial charge in [0.15, 0.2) is 0 Å². The van der Waals surface area contributed by atoms with Gasteiger partial charge in [0, 0.05) is 5.41 Å². The molecule has 0 aromatic carbocycles. The first kappa shape index (κ1) is 13.2. The fourth-order valence-electron chi connectivity index (χ4n) is 1.83. The van der Waals surface area contributed by atoms with Gasteiger partial charge < -0.3 is 4.42 Å². The molecule has 0 atom stereocenters. The summed E-state index contributed by atoms with van der Waals surface area (Å²) >= 11 is 0. The van der Waals surface area contributed by atoms with Crippen LogP contribution in [-0.2, 0) is 5.41 Å². The molecule has 0 fully saturated rings. The summed E-state index contributed by atoms with van der Waals surface area (Å²) in [6.07, 6.45) is 4.41. The van der Waals surface area contributed by atoms with Crippen LogP contribution in [-0.4, -0.2) is 30.7 Å². The van der Waals surface area contributed by atoms with Gasteiger partial charge in [-0.25, -0.2) is 0 Å². The molecule has 0 radical (unpaired) electrons. The Hall–Kier alpha value is -2.77. The molecular weight excluding hydrogens is 272 g/mol. The van der Waals surface area contributed by atoms with Crippen molar-refractivity contribution < 1.29 is 4.42 Å². The van der Waals surface area contributed by atoms with Gasteiger partial charge in [0.2, 0.25) is 0 Å². The van der Waals surface area contributed by atoms with Crippen LogP contribution in [0, 0.1) is 0 Å². The van der Waals surface area contributed by atoms with Crippen LogP contribution < -0.4 is 5.56 Å². The van der Waals surface area contributed by atoms with E-state index in [2.05, 4.69) is 20.4 Å². The van der Waals surface area contributed by atoms with E-state index < -0.39 is 5.41 Å². The fraction of sp³-hybridized carbons (Fsp3) is 0.308. The van der Waals surface area contributed by atoms with E-state index in [4.69, 9.17) is 4.42 Å². The zero-order valence-electron chi connectivity index (χ0n) is 11.9. The van der Waals surface area contributed by atoms with E-state index in [9.17, 15) is 4.79 Å². The lowest BCUT2D eigenvalue weighted by Gasteiger charge is -2.16. The van der Waals surface area contributed by atoms with Crippen molar-refractivity contribution in [1.82, 2.24) is 24.5 Å². The Labute approximate surface area is 119 Å². The summed E-state index contributed by atoms with van der Waals surface area (Å²) in [6.45, 7) is 5.73. The molecule has 8 heteroatoms. The van der Waals surface area contributed by atoms with Gasteiger partial charge in [0.1, 0.15) is 17.8 Å². The number of rotatable bonds is 2. The number of furan rings is 1. The third kappa shape index (κ3) is 2.35. The summed E-state index contributed by atoms with van der Waals surface area (Å²) in [6, 6.07) is 3.48. The van der Waals surface area contributed by atoms with Crippen LogP contribution in [0.5, 0.6) is 0 Å². The van der Waals surface area contributed by atoms with Crippen LogP contribution in [0.15, 0.2) is 39.0 Å². The van der Waals surface area contributed by atoms with Gasteiger partial charge >= 0.3 is 0 Å². The van der Waals surface area contributed by atoms with Crippen LogP contribution in [0.2, 0.25) is 0 Å². The van der Waals surface area contributed by atoms with Crippen LogP contribution in [0.1, 0.15) is 32.2 Å². The normalized spacial score (nSPS) is 12.5. The molecule has 3 aromatic heterocycles. The molecular formula is C13H14N6O2. The first-order valence-electron chi connectivity index (χ1n) is 6.38. The molecule has 0 amide bonds. The minimum atomic E-state index is -0.419. The number of hydrogen-bond donors (Lipinski definition) is 0. The maximum absolute atomic E-state index is 12.6. The maximum Gasteiger partial charge on any atom is 0.298 e. The van der Waals surface area contributed by atoms with Crippen molar-refractivity contribution in [3.63, 3.8) is 0 Å².